The molecule has 1 heterocycles. The number of carbonyl (C=O) groups excluding carboxylic acids is 1. The van der Waals surface area contributed by atoms with Crippen molar-refractivity contribution < 1.29 is 9.83 Å². The van der Waals surface area contributed by atoms with Gasteiger partial charge in [-0.15, -0.1) is 11.3 Å². The maximum atomic E-state index is 11.7. The molecule has 0 aliphatic carbocycles. The summed E-state index contributed by atoms with van der Waals surface area (Å²) in [6, 6.07) is -0.624. The molecule has 0 saturated heterocycles. The van der Waals surface area contributed by atoms with Gasteiger partial charge in [0.2, 0.25) is 12.6 Å². The Labute approximate surface area is 118 Å². The maximum Gasteiger partial charge on any atom is 0.243 e. The Hall–Kier alpha value is -1.98. The number of hydrogen-bond donors (Lipinski definition) is 3. The molecule has 0 unspecified atom stereocenters. The Morgan fingerprint density at radius 1 is 1.65 bits per heavy atom. The Morgan fingerprint density at radius 3 is 3.10 bits per heavy atom. The minimum absolute atomic E-state index is 0.0571. The van der Waals surface area contributed by atoms with E-state index in [1.807, 2.05) is 0 Å². The van der Waals surface area contributed by atoms with Crippen LogP contribution in [0.1, 0.15) is 12.8 Å². The predicted octanol–water partition coefficient (Wildman–Crippen LogP) is 0.380. The first-order valence-corrected chi connectivity index (χ1v) is 6.66. The summed E-state index contributed by atoms with van der Waals surface area (Å²) in [6.45, 7) is 0.594. The van der Waals surface area contributed by atoms with Crippen LogP contribution >= 0.6 is 11.3 Å². The zero-order chi connectivity index (χ0) is 14.8. The van der Waals surface area contributed by atoms with Crippen molar-refractivity contribution in [3.63, 3.8) is 0 Å². The number of aromatic nitrogens is 1. The van der Waals surface area contributed by atoms with E-state index in [0.29, 0.717) is 24.5 Å². The molecule has 10 nitrogen and oxygen atoms in total. The summed E-state index contributed by atoms with van der Waals surface area (Å²) in [7, 11) is 0. The third-order valence-electron chi connectivity index (χ3n) is 2.19. The normalized spacial score (nSPS) is 12.4. The second-order valence-electron chi connectivity index (χ2n) is 3.70. The van der Waals surface area contributed by atoms with Crippen molar-refractivity contribution in [2.75, 3.05) is 18.5 Å². The van der Waals surface area contributed by atoms with Crippen LogP contribution in [0.5, 0.6) is 0 Å². The number of anilines is 1. The molecule has 1 rings (SSSR count). The highest BCUT2D eigenvalue weighted by atomic mass is 32.1. The number of rotatable bonds is 9. The van der Waals surface area contributed by atoms with E-state index in [1.165, 1.54) is 11.3 Å². The Balaban J connectivity index is 2.09. The van der Waals surface area contributed by atoms with Gasteiger partial charge in [-0.2, -0.15) is 0 Å². The number of hydrogen-bond acceptors (Lipinski definition) is 8. The van der Waals surface area contributed by atoms with E-state index in [2.05, 4.69) is 26.0 Å². The minimum atomic E-state index is -0.874. The Kier molecular flexibility index (Phi) is 7.24. The SMILES string of the molecule is N[C@@H](CCCNCN=N[N+](=O)[O-])C(=O)Nc1nccs1. The molecule has 0 fully saturated rings. The highest BCUT2D eigenvalue weighted by Crippen LogP contribution is 2.10. The highest BCUT2D eigenvalue weighted by molar-refractivity contribution is 7.13. The summed E-state index contributed by atoms with van der Waals surface area (Å²) in [5.74, 6) is -0.284. The van der Waals surface area contributed by atoms with E-state index in [1.54, 1.807) is 11.6 Å². The maximum absolute atomic E-state index is 11.7. The van der Waals surface area contributed by atoms with Gasteiger partial charge in [0.05, 0.1) is 16.2 Å². The molecule has 4 N–H and O–H groups in total. The molecule has 1 aromatic rings. The van der Waals surface area contributed by atoms with E-state index in [9.17, 15) is 14.9 Å². The van der Waals surface area contributed by atoms with Gasteiger partial charge < -0.3 is 21.2 Å². The largest absolute Gasteiger partial charge is 0.337 e. The van der Waals surface area contributed by atoms with Crippen molar-refractivity contribution >= 4 is 22.4 Å². The summed E-state index contributed by atoms with van der Waals surface area (Å²) in [6.07, 6.45) is 2.71. The lowest BCUT2D eigenvalue weighted by atomic mass is 10.1. The first-order valence-electron chi connectivity index (χ1n) is 5.78. The van der Waals surface area contributed by atoms with Gasteiger partial charge in [0.1, 0.15) is 0 Å². The molecule has 0 radical (unpaired) electrons. The van der Waals surface area contributed by atoms with Gasteiger partial charge in [-0.25, -0.2) is 4.98 Å². The smallest absolute Gasteiger partial charge is 0.243 e. The second-order valence-corrected chi connectivity index (χ2v) is 4.60. The monoisotopic (exact) mass is 301 g/mol. The quantitative estimate of drug-likeness (QED) is 0.260. The van der Waals surface area contributed by atoms with Gasteiger partial charge in [-0.3, -0.25) is 10.1 Å². The van der Waals surface area contributed by atoms with Crippen LogP contribution in [0.15, 0.2) is 21.9 Å². The van der Waals surface area contributed by atoms with Crippen LogP contribution in [0.2, 0.25) is 0 Å². The first kappa shape index (κ1) is 16.1. The molecule has 0 spiro atoms. The van der Waals surface area contributed by atoms with Gasteiger partial charge in [-0.05, 0) is 19.4 Å². The van der Waals surface area contributed by atoms with Crippen LogP contribution in [0.25, 0.3) is 0 Å². The molecule has 0 aliphatic heterocycles. The molecular weight excluding hydrogens is 286 g/mol. The van der Waals surface area contributed by atoms with Crippen molar-refractivity contribution in [2.24, 2.45) is 16.1 Å². The summed E-state index contributed by atoms with van der Waals surface area (Å²) in [5, 5.41) is 22.6. The summed E-state index contributed by atoms with van der Waals surface area (Å²) < 4.78 is 0. The molecule has 1 amide bonds. The number of nitrogens with zero attached hydrogens (tertiary/aromatic N) is 4. The molecule has 11 heteroatoms. The molecular formula is C9H15N7O3S. The molecule has 0 saturated carbocycles. The van der Waals surface area contributed by atoms with E-state index < -0.39 is 11.1 Å². The molecule has 0 bridgehead atoms. The fourth-order valence-corrected chi connectivity index (χ4v) is 1.81. The number of carbonyl (C=O) groups is 1. The van der Waals surface area contributed by atoms with Crippen molar-refractivity contribution in [1.29, 1.82) is 0 Å². The van der Waals surface area contributed by atoms with E-state index in [4.69, 9.17) is 5.73 Å². The molecule has 0 aliphatic rings. The average Bonchev–Trinajstić information content (AvgIpc) is 2.89. The Morgan fingerprint density at radius 2 is 2.45 bits per heavy atom. The lowest BCUT2D eigenvalue weighted by Crippen LogP contribution is -2.36. The lowest BCUT2D eigenvalue weighted by Gasteiger charge is -2.10. The summed E-state index contributed by atoms with van der Waals surface area (Å²) >= 11 is 1.32. The minimum Gasteiger partial charge on any atom is -0.337 e. The zero-order valence-corrected chi connectivity index (χ0v) is 11.4. The van der Waals surface area contributed by atoms with E-state index in [-0.39, 0.29) is 12.6 Å². The number of nitro groups is 1. The predicted molar refractivity (Wildman–Crippen MR) is 72.7 cm³/mol. The van der Waals surface area contributed by atoms with Gasteiger partial charge in [-0.1, -0.05) is 0 Å². The number of nitrogens with one attached hydrogen (secondary N) is 2. The molecule has 20 heavy (non-hydrogen) atoms. The average molecular weight is 301 g/mol. The molecule has 1 atom stereocenters. The standard InChI is InChI=1S/C9H15N7O3S/c10-7(8(17)14-9-12-4-5-20-9)2-1-3-11-6-13-15-16(18)19/h4-5,7,11H,1-3,6,10H2,(H,12,14,17)/t7-/m0/s1. The summed E-state index contributed by atoms with van der Waals surface area (Å²) in [5.41, 5.74) is 5.72. The van der Waals surface area contributed by atoms with Crippen LogP contribution < -0.4 is 16.4 Å². The van der Waals surface area contributed by atoms with Gasteiger partial charge in [0.15, 0.2) is 10.4 Å². The van der Waals surface area contributed by atoms with Crippen LogP contribution in [0, 0.1) is 10.1 Å². The second kappa shape index (κ2) is 9.01. The third-order valence-corrected chi connectivity index (χ3v) is 2.88. The number of nitrogens with two attached hydrogens (primary N) is 1. The van der Waals surface area contributed by atoms with Gasteiger partial charge in [0, 0.05) is 11.6 Å². The number of amides is 1. The molecule has 1 aromatic heterocycles. The first-order chi connectivity index (χ1) is 9.59. The van der Waals surface area contributed by atoms with Crippen LogP contribution in [-0.4, -0.2) is 35.2 Å². The van der Waals surface area contributed by atoms with Gasteiger partial charge in [0.25, 0.3) is 0 Å². The van der Waals surface area contributed by atoms with Gasteiger partial charge >= 0.3 is 0 Å². The van der Waals surface area contributed by atoms with Crippen LogP contribution in [0.4, 0.5) is 5.13 Å². The van der Waals surface area contributed by atoms with E-state index >= 15 is 0 Å². The van der Waals surface area contributed by atoms with Crippen molar-refractivity contribution in [1.82, 2.24) is 10.3 Å². The number of thiazole rings is 1. The molecule has 110 valence electrons. The Bertz CT molecular complexity index is 450. The lowest BCUT2D eigenvalue weighted by molar-refractivity contribution is -0.494. The third kappa shape index (κ3) is 6.82. The van der Waals surface area contributed by atoms with Crippen molar-refractivity contribution in [2.45, 2.75) is 18.9 Å². The fraction of sp³-hybridized carbons (Fsp3) is 0.556. The molecule has 0 aromatic carbocycles. The fourth-order valence-electron chi connectivity index (χ4n) is 1.27. The zero-order valence-electron chi connectivity index (χ0n) is 10.6. The highest BCUT2D eigenvalue weighted by Gasteiger charge is 2.13. The topological polar surface area (TPSA) is 148 Å². The van der Waals surface area contributed by atoms with Crippen LogP contribution in [0.3, 0.4) is 0 Å². The van der Waals surface area contributed by atoms with Crippen molar-refractivity contribution in [3.05, 3.63) is 21.7 Å². The van der Waals surface area contributed by atoms with Crippen LogP contribution in [-0.2, 0) is 4.79 Å². The van der Waals surface area contributed by atoms with E-state index in [0.717, 1.165) is 0 Å². The van der Waals surface area contributed by atoms with Crippen molar-refractivity contribution in [3.8, 4) is 0 Å². The summed E-state index contributed by atoms with van der Waals surface area (Å²) in [4.78, 5) is 25.4.